The van der Waals surface area contributed by atoms with Crippen LogP contribution in [-0.2, 0) is 7.05 Å². The first kappa shape index (κ1) is 20.2. The Hall–Kier alpha value is -2.51. The maximum absolute atomic E-state index is 12.8. The van der Waals surface area contributed by atoms with Gasteiger partial charge in [-0.1, -0.05) is 0 Å². The van der Waals surface area contributed by atoms with E-state index in [1.54, 1.807) is 32.4 Å². The monoisotopic (exact) mass is 386 g/mol. The van der Waals surface area contributed by atoms with Crippen LogP contribution in [0.4, 0.5) is 0 Å². The third-order valence-corrected chi connectivity index (χ3v) is 5.37. The van der Waals surface area contributed by atoms with Crippen molar-refractivity contribution < 1.29 is 14.3 Å². The van der Waals surface area contributed by atoms with E-state index < -0.39 is 0 Å². The first-order valence-corrected chi connectivity index (χ1v) is 9.57. The van der Waals surface area contributed by atoms with Crippen LogP contribution >= 0.6 is 0 Å². The number of rotatable bonds is 7. The number of nitrogens with zero attached hydrogens (tertiary/aromatic N) is 3. The maximum Gasteiger partial charge on any atom is 0.251 e. The van der Waals surface area contributed by atoms with Gasteiger partial charge in [0.25, 0.3) is 5.91 Å². The molecule has 7 nitrogen and oxygen atoms in total. The van der Waals surface area contributed by atoms with Crippen LogP contribution in [0.3, 0.4) is 0 Å². The van der Waals surface area contributed by atoms with Crippen molar-refractivity contribution in [1.29, 1.82) is 0 Å². The number of amides is 1. The molecule has 0 radical (unpaired) electrons. The van der Waals surface area contributed by atoms with Crippen molar-refractivity contribution in [1.82, 2.24) is 19.7 Å². The van der Waals surface area contributed by atoms with Gasteiger partial charge < -0.3 is 24.3 Å². The molecule has 1 atom stereocenters. The summed E-state index contributed by atoms with van der Waals surface area (Å²) in [6, 6.07) is 9.52. The molecule has 1 unspecified atom stereocenters. The van der Waals surface area contributed by atoms with Crippen LogP contribution in [0.15, 0.2) is 36.5 Å². The fourth-order valence-corrected chi connectivity index (χ4v) is 3.60. The number of carbonyl (C=O) groups excluding carboxylic acids is 1. The Morgan fingerprint density at radius 3 is 2.25 bits per heavy atom. The lowest BCUT2D eigenvalue weighted by Crippen LogP contribution is -2.48. The van der Waals surface area contributed by atoms with E-state index in [9.17, 15) is 4.79 Å². The predicted molar refractivity (Wildman–Crippen MR) is 109 cm³/mol. The van der Waals surface area contributed by atoms with Gasteiger partial charge in [-0.3, -0.25) is 9.69 Å². The zero-order valence-electron chi connectivity index (χ0n) is 17.1. The summed E-state index contributed by atoms with van der Waals surface area (Å²) in [6.07, 6.45) is 2.05. The Kier molecular flexibility index (Phi) is 6.59. The second kappa shape index (κ2) is 9.12. The minimum atomic E-state index is -0.134. The lowest BCUT2D eigenvalue weighted by Gasteiger charge is -2.38. The molecular formula is C21H30N4O3. The van der Waals surface area contributed by atoms with Crippen LogP contribution in [0, 0.1) is 0 Å². The predicted octanol–water partition coefficient (Wildman–Crippen LogP) is 1.76. The van der Waals surface area contributed by atoms with E-state index in [4.69, 9.17) is 9.47 Å². The summed E-state index contributed by atoms with van der Waals surface area (Å²) >= 11 is 0. The summed E-state index contributed by atoms with van der Waals surface area (Å²) in [5, 5.41) is 3.11. The Balaban J connectivity index is 1.74. The van der Waals surface area contributed by atoms with E-state index in [0.29, 0.717) is 23.6 Å². The highest BCUT2D eigenvalue weighted by molar-refractivity contribution is 5.95. The summed E-state index contributed by atoms with van der Waals surface area (Å²) in [6.45, 7) is 4.56. The number of benzene rings is 1. The molecule has 1 fully saturated rings. The fraction of sp³-hybridized carbons (Fsp3) is 0.476. The summed E-state index contributed by atoms with van der Waals surface area (Å²) in [5.41, 5.74) is 1.73. The number of hydrogen-bond donors (Lipinski definition) is 1. The highest BCUT2D eigenvalue weighted by Crippen LogP contribution is 2.24. The van der Waals surface area contributed by atoms with Crippen molar-refractivity contribution in [3.05, 3.63) is 47.8 Å². The molecule has 1 N–H and O–H groups in total. The summed E-state index contributed by atoms with van der Waals surface area (Å²) < 4.78 is 12.7. The van der Waals surface area contributed by atoms with Crippen LogP contribution in [0.2, 0.25) is 0 Å². The molecule has 0 spiro atoms. The topological polar surface area (TPSA) is 59.0 Å². The van der Waals surface area contributed by atoms with Crippen LogP contribution in [0.5, 0.6) is 11.5 Å². The van der Waals surface area contributed by atoms with Crippen molar-refractivity contribution in [3.63, 3.8) is 0 Å². The van der Waals surface area contributed by atoms with Gasteiger partial charge in [-0.25, -0.2) is 0 Å². The molecule has 0 bridgehead atoms. The highest BCUT2D eigenvalue weighted by atomic mass is 16.5. The number of hydrogen-bond acceptors (Lipinski definition) is 5. The molecule has 1 amide bonds. The van der Waals surface area contributed by atoms with Crippen LogP contribution in [-0.4, -0.2) is 74.3 Å². The van der Waals surface area contributed by atoms with Gasteiger partial charge in [-0.05, 0) is 31.3 Å². The molecule has 3 rings (SSSR count). The van der Waals surface area contributed by atoms with Gasteiger partial charge in [0.1, 0.15) is 11.5 Å². The molecule has 1 aromatic heterocycles. The average molecular weight is 386 g/mol. The normalized spacial score (nSPS) is 16.6. The van der Waals surface area contributed by atoms with E-state index in [0.717, 1.165) is 26.2 Å². The molecule has 2 aromatic rings. The lowest BCUT2D eigenvalue weighted by atomic mass is 10.1. The first-order valence-electron chi connectivity index (χ1n) is 9.57. The second-order valence-corrected chi connectivity index (χ2v) is 7.21. The average Bonchev–Trinajstić information content (AvgIpc) is 3.14. The molecule has 28 heavy (non-hydrogen) atoms. The summed E-state index contributed by atoms with van der Waals surface area (Å²) in [7, 11) is 7.35. The number of carbonyl (C=O) groups is 1. The molecule has 0 aliphatic carbocycles. The van der Waals surface area contributed by atoms with Crippen molar-refractivity contribution in [3.8, 4) is 11.5 Å². The number of aryl methyl sites for hydroxylation is 1. The molecule has 0 saturated carbocycles. The van der Waals surface area contributed by atoms with Gasteiger partial charge >= 0.3 is 0 Å². The Bertz CT molecular complexity index is 774. The molecule has 152 valence electrons. The summed E-state index contributed by atoms with van der Waals surface area (Å²) in [5.74, 6) is 1.07. The SMILES string of the molecule is COc1cc(OC)cc(C(=O)NCC(c2cccn2C)N2CCN(C)CC2)c1. The van der Waals surface area contributed by atoms with Crippen LogP contribution in [0.1, 0.15) is 22.1 Å². The fourth-order valence-electron chi connectivity index (χ4n) is 3.60. The van der Waals surface area contributed by atoms with Gasteiger partial charge in [0.2, 0.25) is 0 Å². The van der Waals surface area contributed by atoms with Gasteiger partial charge in [-0.15, -0.1) is 0 Å². The van der Waals surface area contributed by atoms with Crippen molar-refractivity contribution in [2.45, 2.75) is 6.04 Å². The molecule has 1 aromatic carbocycles. The van der Waals surface area contributed by atoms with Gasteiger partial charge in [0.15, 0.2) is 0 Å². The number of nitrogens with one attached hydrogen (secondary N) is 1. The number of piperazine rings is 1. The van der Waals surface area contributed by atoms with Crippen LogP contribution in [0.25, 0.3) is 0 Å². The van der Waals surface area contributed by atoms with Gasteiger partial charge in [0.05, 0.1) is 20.3 Å². The maximum atomic E-state index is 12.8. The summed E-state index contributed by atoms with van der Waals surface area (Å²) in [4.78, 5) is 17.6. The third-order valence-electron chi connectivity index (χ3n) is 5.37. The van der Waals surface area contributed by atoms with E-state index in [1.165, 1.54) is 5.69 Å². The smallest absolute Gasteiger partial charge is 0.251 e. The van der Waals surface area contributed by atoms with Crippen molar-refractivity contribution in [2.24, 2.45) is 7.05 Å². The standard InChI is InChI=1S/C21H30N4O3/c1-23-8-10-25(11-9-23)20(19-6-5-7-24(19)2)15-22-21(26)16-12-17(27-3)14-18(13-16)28-4/h5-7,12-14,20H,8-11,15H2,1-4H3,(H,22,26). The van der Waals surface area contributed by atoms with Crippen molar-refractivity contribution >= 4 is 5.91 Å². The number of aromatic nitrogens is 1. The second-order valence-electron chi connectivity index (χ2n) is 7.21. The Morgan fingerprint density at radius 1 is 1.07 bits per heavy atom. The molecule has 1 aliphatic rings. The van der Waals surface area contributed by atoms with E-state index >= 15 is 0 Å². The van der Waals surface area contributed by atoms with Gasteiger partial charge in [0, 0.05) is 63.3 Å². The highest BCUT2D eigenvalue weighted by Gasteiger charge is 2.26. The van der Waals surface area contributed by atoms with E-state index in [2.05, 4.69) is 32.8 Å². The molecule has 7 heteroatoms. The first-order chi connectivity index (χ1) is 13.5. The number of methoxy groups -OCH3 is 2. The minimum absolute atomic E-state index is 0.130. The zero-order valence-corrected chi connectivity index (χ0v) is 17.1. The number of likely N-dealkylation sites (N-methyl/N-ethyl adjacent to an activating group) is 1. The molecule has 1 aliphatic heterocycles. The quantitative estimate of drug-likeness (QED) is 0.786. The molecule has 2 heterocycles. The van der Waals surface area contributed by atoms with Gasteiger partial charge in [-0.2, -0.15) is 0 Å². The molecule has 1 saturated heterocycles. The molecular weight excluding hydrogens is 356 g/mol. The van der Waals surface area contributed by atoms with E-state index in [1.807, 2.05) is 19.3 Å². The zero-order chi connectivity index (χ0) is 20.1. The third kappa shape index (κ3) is 4.66. The van der Waals surface area contributed by atoms with Crippen LogP contribution < -0.4 is 14.8 Å². The Labute approximate surface area is 166 Å². The lowest BCUT2D eigenvalue weighted by molar-refractivity contribution is 0.0876. The Morgan fingerprint density at radius 2 is 1.71 bits per heavy atom. The minimum Gasteiger partial charge on any atom is -0.497 e. The number of ether oxygens (including phenoxy) is 2. The van der Waals surface area contributed by atoms with E-state index in [-0.39, 0.29) is 11.9 Å². The van der Waals surface area contributed by atoms with Crippen molar-refractivity contribution in [2.75, 3.05) is 54.0 Å². The largest absolute Gasteiger partial charge is 0.497 e.